The molecule has 0 saturated carbocycles. The van der Waals surface area contributed by atoms with E-state index in [0.717, 1.165) is 0 Å². The number of amides is 4. The van der Waals surface area contributed by atoms with Crippen LogP contribution in [-0.4, -0.2) is 53.3 Å². The van der Waals surface area contributed by atoms with Gasteiger partial charge in [0.25, 0.3) is 0 Å². The number of hydrogen-bond donors (Lipinski definition) is 2. The molecule has 1 aliphatic heterocycles. The lowest BCUT2D eigenvalue weighted by Crippen LogP contribution is -2.43. The second-order valence-corrected chi connectivity index (χ2v) is 7.90. The molecule has 142 valence electrons. The Balaban J connectivity index is 2.00. The SMILES string of the molecule is Cc1c(NC(=O)N(C)CC2CC(=O)N(C(C)(C)C)C2)cccc1C(N)=O. The number of likely N-dealkylation sites (tertiary alicyclic amines) is 1. The number of urea groups is 1. The summed E-state index contributed by atoms with van der Waals surface area (Å²) in [4.78, 5) is 39.5. The number of carbonyl (C=O) groups is 3. The molecule has 0 radical (unpaired) electrons. The van der Waals surface area contributed by atoms with Crippen LogP contribution >= 0.6 is 0 Å². The predicted octanol–water partition coefficient (Wildman–Crippen LogP) is 2.20. The standard InChI is InChI=1S/C19H28N4O3/c1-12-14(17(20)25)7-6-8-15(12)21-18(26)22(5)10-13-9-16(24)23(11-13)19(2,3)4/h6-8,13H,9-11H2,1-5H3,(H2,20,25)(H,21,26). The fraction of sp³-hybridized carbons (Fsp3) is 0.526. The van der Waals surface area contributed by atoms with Crippen molar-refractivity contribution >= 4 is 23.5 Å². The first-order valence-electron chi connectivity index (χ1n) is 8.72. The van der Waals surface area contributed by atoms with Gasteiger partial charge in [0.1, 0.15) is 0 Å². The minimum Gasteiger partial charge on any atom is -0.366 e. The quantitative estimate of drug-likeness (QED) is 0.861. The number of anilines is 1. The first kappa shape index (κ1) is 19.8. The lowest BCUT2D eigenvalue weighted by molar-refractivity contribution is -0.131. The Morgan fingerprint density at radius 1 is 1.35 bits per heavy atom. The first-order valence-corrected chi connectivity index (χ1v) is 8.72. The Kier molecular flexibility index (Phi) is 5.59. The number of nitrogens with two attached hydrogens (primary N) is 1. The molecule has 1 atom stereocenters. The van der Waals surface area contributed by atoms with E-state index in [-0.39, 0.29) is 23.4 Å². The zero-order valence-corrected chi connectivity index (χ0v) is 16.1. The summed E-state index contributed by atoms with van der Waals surface area (Å²) in [7, 11) is 1.70. The molecule has 1 aromatic rings. The van der Waals surface area contributed by atoms with Gasteiger partial charge in [-0.25, -0.2) is 4.79 Å². The topological polar surface area (TPSA) is 95.7 Å². The van der Waals surface area contributed by atoms with E-state index in [1.807, 2.05) is 25.7 Å². The third-order valence-corrected chi connectivity index (χ3v) is 4.73. The van der Waals surface area contributed by atoms with Crippen LogP contribution in [0.1, 0.15) is 43.1 Å². The highest BCUT2D eigenvalue weighted by Gasteiger charge is 2.36. The molecule has 1 unspecified atom stereocenters. The van der Waals surface area contributed by atoms with E-state index >= 15 is 0 Å². The molecule has 3 N–H and O–H groups in total. The van der Waals surface area contributed by atoms with Gasteiger partial charge < -0.3 is 20.9 Å². The van der Waals surface area contributed by atoms with Crippen molar-refractivity contribution in [2.24, 2.45) is 11.7 Å². The van der Waals surface area contributed by atoms with Gasteiger partial charge in [0, 0.05) is 49.3 Å². The van der Waals surface area contributed by atoms with Gasteiger partial charge in [0.05, 0.1) is 0 Å². The molecule has 7 nitrogen and oxygen atoms in total. The maximum absolute atomic E-state index is 12.5. The van der Waals surface area contributed by atoms with Gasteiger partial charge in [0.15, 0.2) is 0 Å². The first-order chi connectivity index (χ1) is 12.0. The van der Waals surface area contributed by atoms with Crippen LogP contribution in [0.4, 0.5) is 10.5 Å². The highest BCUT2D eigenvalue weighted by molar-refractivity contribution is 5.98. The van der Waals surface area contributed by atoms with Crippen LogP contribution in [0.2, 0.25) is 0 Å². The monoisotopic (exact) mass is 360 g/mol. The summed E-state index contributed by atoms with van der Waals surface area (Å²) in [5.41, 5.74) is 6.71. The van der Waals surface area contributed by atoms with Crippen LogP contribution in [0.3, 0.4) is 0 Å². The Morgan fingerprint density at radius 3 is 2.54 bits per heavy atom. The van der Waals surface area contributed by atoms with Crippen LogP contribution in [-0.2, 0) is 4.79 Å². The van der Waals surface area contributed by atoms with Crippen molar-refractivity contribution in [3.05, 3.63) is 29.3 Å². The van der Waals surface area contributed by atoms with E-state index in [1.165, 1.54) is 0 Å². The zero-order valence-electron chi connectivity index (χ0n) is 16.1. The van der Waals surface area contributed by atoms with Crippen LogP contribution in [0.5, 0.6) is 0 Å². The number of nitrogens with one attached hydrogen (secondary N) is 1. The summed E-state index contributed by atoms with van der Waals surface area (Å²) in [5, 5.41) is 2.81. The fourth-order valence-electron chi connectivity index (χ4n) is 3.27. The molecule has 1 aliphatic rings. The van der Waals surface area contributed by atoms with Crippen molar-refractivity contribution in [3.63, 3.8) is 0 Å². The maximum atomic E-state index is 12.5. The molecule has 0 bridgehead atoms. The molecule has 0 spiro atoms. The van der Waals surface area contributed by atoms with Crippen molar-refractivity contribution in [2.45, 2.75) is 39.7 Å². The zero-order chi connectivity index (χ0) is 19.6. The second kappa shape index (κ2) is 7.35. The maximum Gasteiger partial charge on any atom is 0.321 e. The summed E-state index contributed by atoms with van der Waals surface area (Å²) in [6, 6.07) is 4.76. The van der Waals surface area contributed by atoms with E-state index in [9.17, 15) is 14.4 Å². The molecule has 26 heavy (non-hydrogen) atoms. The predicted molar refractivity (Wildman–Crippen MR) is 101 cm³/mol. The average molecular weight is 360 g/mol. The Bertz CT molecular complexity index is 724. The van der Waals surface area contributed by atoms with Gasteiger partial charge >= 0.3 is 6.03 Å². The van der Waals surface area contributed by atoms with Gasteiger partial charge in [-0.3, -0.25) is 9.59 Å². The molecule has 2 rings (SSSR count). The van der Waals surface area contributed by atoms with Crippen molar-refractivity contribution in [1.82, 2.24) is 9.80 Å². The third kappa shape index (κ3) is 4.33. The summed E-state index contributed by atoms with van der Waals surface area (Å²) >= 11 is 0. The molecule has 1 saturated heterocycles. The van der Waals surface area contributed by atoms with Crippen molar-refractivity contribution in [3.8, 4) is 0 Å². The van der Waals surface area contributed by atoms with Gasteiger partial charge in [-0.15, -0.1) is 0 Å². The molecular weight excluding hydrogens is 332 g/mol. The molecule has 1 aromatic carbocycles. The van der Waals surface area contributed by atoms with Crippen LogP contribution in [0.15, 0.2) is 18.2 Å². The van der Waals surface area contributed by atoms with Gasteiger partial charge in [-0.2, -0.15) is 0 Å². The fourth-order valence-corrected chi connectivity index (χ4v) is 3.27. The normalized spacial score (nSPS) is 17.3. The van der Waals surface area contributed by atoms with E-state index in [0.29, 0.717) is 36.3 Å². The van der Waals surface area contributed by atoms with E-state index in [2.05, 4.69) is 5.32 Å². The molecule has 4 amide bonds. The lowest BCUT2D eigenvalue weighted by Gasteiger charge is -2.32. The molecule has 1 heterocycles. The summed E-state index contributed by atoms with van der Waals surface area (Å²) in [5.74, 6) is -0.296. The average Bonchev–Trinajstić information content (AvgIpc) is 2.89. The molecule has 0 aromatic heterocycles. The van der Waals surface area contributed by atoms with E-state index in [1.54, 1.807) is 37.1 Å². The minimum atomic E-state index is -0.529. The molecule has 0 aliphatic carbocycles. The largest absolute Gasteiger partial charge is 0.366 e. The Morgan fingerprint density at radius 2 is 2.00 bits per heavy atom. The van der Waals surface area contributed by atoms with Crippen molar-refractivity contribution in [1.29, 1.82) is 0 Å². The highest BCUT2D eigenvalue weighted by atomic mass is 16.2. The number of primary amides is 1. The molecule has 7 heteroatoms. The molecular formula is C19H28N4O3. The lowest BCUT2D eigenvalue weighted by atomic mass is 10.1. The Hall–Kier alpha value is -2.57. The van der Waals surface area contributed by atoms with Crippen LogP contribution < -0.4 is 11.1 Å². The van der Waals surface area contributed by atoms with Gasteiger partial charge in [-0.05, 0) is 45.4 Å². The highest BCUT2D eigenvalue weighted by Crippen LogP contribution is 2.26. The van der Waals surface area contributed by atoms with Gasteiger partial charge in [-0.1, -0.05) is 6.07 Å². The number of carbonyl (C=O) groups excluding carboxylic acids is 3. The Labute approximate surface area is 154 Å². The third-order valence-electron chi connectivity index (χ3n) is 4.73. The summed E-state index contributed by atoms with van der Waals surface area (Å²) in [6.45, 7) is 8.91. The number of nitrogens with zero attached hydrogens (tertiary/aromatic N) is 2. The van der Waals surface area contributed by atoms with Gasteiger partial charge in [0.2, 0.25) is 11.8 Å². The van der Waals surface area contributed by atoms with Crippen molar-refractivity contribution < 1.29 is 14.4 Å². The van der Waals surface area contributed by atoms with E-state index in [4.69, 9.17) is 5.73 Å². The summed E-state index contributed by atoms with van der Waals surface area (Å²) in [6.07, 6.45) is 0.449. The van der Waals surface area contributed by atoms with Crippen LogP contribution in [0.25, 0.3) is 0 Å². The minimum absolute atomic E-state index is 0.107. The summed E-state index contributed by atoms with van der Waals surface area (Å²) < 4.78 is 0. The second-order valence-electron chi connectivity index (χ2n) is 7.90. The number of benzene rings is 1. The van der Waals surface area contributed by atoms with Crippen molar-refractivity contribution in [2.75, 3.05) is 25.5 Å². The number of hydrogen-bond acceptors (Lipinski definition) is 3. The van der Waals surface area contributed by atoms with Crippen LogP contribution in [0, 0.1) is 12.8 Å². The van der Waals surface area contributed by atoms with E-state index < -0.39 is 5.91 Å². The number of rotatable bonds is 4. The molecule has 1 fully saturated rings. The smallest absolute Gasteiger partial charge is 0.321 e.